The van der Waals surface area contributed by atoms with E-state index in [4.69, 9.17) is 0 Å². The number of hydrazone groups is 1. The largest absolute Gasteiger partial charge is 0.376 e. The van der Waals surface area contributed by atoms with Crippen LogP contribution >= 0.6 is 11.8 Å². The first-order chi connectivity index (χ1) is 14.0. The molecule has 0 saturated heterocycles. The van der Waals surface area contributed by atoms with E-state index in [1.54, 1.807) is 11.8 Å². The molecule has 0 unspecified atom stereocenters. The lowest BCUT2D eigenvalue weighted by Gasteiger charge is -2.08. The SMILES string of the molecule is CC[C@H]1CN=C(Nc2ccc(/C(C)=N\NC(=O)CNc3ccc(C)cc3)cc2)S1. The molecule has 1 heterocycles. The van der Waals surface area contributed by atoms with E-state index in [1.807, 2.05) is 62.4 Å². The second kappa shape index (κ2) is 10.1. The van der Waals surface area contributed by atoms with Crippen LogP contribution < -0.4 is 16.1 Å². The van der Waals surface area contributed by atoms with Gasteiger partial charge in [0, 0.05) is 16.6 Å². The van der Waals surface area contributed by atoms with Crippen molar-refractivity contribution in [3.05, 3.63) is 59.7 Å². The van der Waals surface area contributed by atoms with Gasteiger partial charge in [-0.05, 0) is 50.1 Å². The van der Waals surface area contributed by atoms with E-state index in [0.717, 1.165) is 40.8 Å². The molecule has 2 aromatic carbocycles. The van der Waals surface area contributed by atoms with Gasteiger partial charge in [0.25, 0.3) is 5.91 Å². The van der Waals surface area contributed by atoms with Crippen molar-refractivity contribution in [2.45, 2.75) is 32.4 Å². The van der Waals surface area contributed by atoms with Gasteiger partial charge in [0.2, 0.25) is 0 Å². The molecule has 152 valence electrons. The predicted octanol–water partition coefficient (Wildman–Crippen LogP) is 4.24. The van der Waals surface area contributed by atoms with Gasteiger partial charge in [-0.1, -0.05) is 48.5 Å². The molecule has 1 aliphatic heterocycles. The van der Waals surface area contributed by atoms with Crippen molar-refractivity contribution in [3.8, 4) is 0 Å². The summed E-state index contributed by atoms with van der Waals surface area (Å²) in [5.41, 5.74) is 7.38. The Bertz CT molecular complexity index is 890. The molecule has 0 fully saturated rings. The molecule has 0 bridgehead atoms. The van der Waals surface area contributed by atoms with Crippen molar-refractivity contribution in [2.24, 2.45) is 10.1 Å². The number of carbonyl (C=O) groups is 1. The topological polar surface area (TPSA) is 77.9 Å². The van der Waals surface area contributed by atoms with Crippen molar-refractivity contribution < 1.29 is 4.79 Å². The number of nitrogens with zero attached hydrogens (tertiary/aromatic N) is 2. The maximum atomic E-state index is 12.0. The fraction of sp³-hybridized carbons (Fsp3) is 0.318. The number of anilines is 2. The molecular weight excluding hydrogens is 382 g/mol. The van der Waals surface area contributed by atoms with Gasteiger partial charge in [0.15, 0.2) is 5.17 Å². The second-order valence-corrected chi connectivity index (χ2v) is 8.24. The number of rotatable bonds is 7. The van der Waals surface area contributed by atoms with Crippen LogP contribution in [0.3, 0.4) is 0 Å². The van der Waals surface area contributed by atoms with E-state index in [2.05, 4.69) is 33.1 Å². The first kappa shape index (κ1) is 20.9. The molecule has 2 aromatic rings. The summed E-state index contributed by atoms with van der Waals surface area (Å²) in [5, 5.41) is 12.2. The summed E-state index contributed by atoms with van der Waals surface area (Å²) in [6.45, 7) is 7.14. The number of amidine groups is 1. The molecule has 3 N–H and O–H groups in total. The third kappa shape index (κ3) is 6.35. The van der Waals surface area contributed by atoms with E-state index < -0.39 is 0 Å². The van der Waals surface area contributed by atoms with Gasteiger partial charge in [-0.15, -0.1) is 0 Å². The number of aryl methyl sites for hydroxylation is 1. The summed E-state index contributed by atoms with van der Waals surface area (Å²) in [7, 11) is 0. The quantitative estimate of drug-likeness (QED) is 0.472. The number of aliphatic imine (C=N–C) groups is 1. The molecule has 1 atom stereocenters. The van der Waals surface area contributed by atoms with Crippen molar-refractivity contribution in [1.82, 2.24) is 5.43 Å². The Morgan fingerprint density at radius 3 is 2.48 bits per heavy atom. The number of amides is 1. The summed E-state index contributed by atoms with van der Waals surface area (Å²) in [6.07, 6.45) is 1.13. The Labute approximate surface area is 176 Å². The van der Waals surface area contributed by atoms with Gasteiger partial charge in [0.05, 0.1) is 18.8 Å². The fourth-order valence-corrected chi connectivity index (χ4v) is 3.68. The van der Waals surface area contributed by atoms with Gasteiger partial charge in [-0.25, -0.2) is 5.43 Å². The summed E-state index contributed by atoms with van der Waals surface area (Å²) >= 11 is 1.79. The van der Waals surface area contributed by atoms with Crippen LogP contribution in [0.5, 0.6) is 0 Å². The molecule has 1 aliphatic rings. The minimum Gasteiger partial charge on any atom is -0.376 e. The van der Waals surface area contributed by atoms with Crippen molar-refractivity contribution >= 4 is 39.9 Å². The summed E-state index contributed by atoms with van der Waals surface area (Å²) in [6, 6.07) is 15.9. The third-order valence-corrected chi connectivity index (χ3v) is 5.85. The molecule has 1 amide bonds. The standard InChI is InChI=1S/C22H27N5OS/c1-4-20-13-24-22(29-20)25-19-11-7-17(8-12-19)16(3)26-27-21(28)14-23-18-9-5-15(2)6-10-18/h5-12,20,23H,4,13-14H2,1-3H3,(H,24,25)(H,27,28)/b26-16-/t20-/m0/s1. The van der Waals surface area contributed by atoms with Crippen LogP contribution in [-0.4, -0.2) is 35.1 Å². The van der Waals surface area contributed by atoms with Crippen LogP contribution in [0.2, 0.25) is 0 Å². The number of benzene rings is 2. The van der Waals surface area contributed by atoms with Crippen molar-refractivity contribution in [1.29, 1.82) is 0 Å². The molecule has 29 heavy (non-hydrogen) atoms. The molecule has 6 nitrogen and oxygen atoms in total. The lowest BCUT2D eigenvalue weighted by atomic mass is 10.1. The van der Waals surface area contributed by atoms with Crippen LogP contribution in [0.1, 0.15) is 31.4 Å². The van der Waals surface area contributed by atoms with Crippen LogP contribution in [-0.2, 0) is 4.79 Å². The van der Waals surface area contributed by atoms with Gasteiger partial charge >= 0.3 is 0 Å². The summed E-state index contributed by atoms with van der Waals surface area (Å²) < 4.78 is 0. The zero-order valence-electron chi connectivity index (χ0n) is 17.0. The average molecular weight is 410 g/mol. The van der Waals surface area contributed by atoms with E-state index >= 15 is 0 Å². The highest BCUT2D eigenvalue weighted by Crippen LogP contribution is 2.24. The Balaban J connectivity index is 1.47. The number of nitrogens with one attached hydrogen (secondary N) is 3. The smallest absolute Gasteiger partial charge is 0.259 e. The van der Waals surface area contributed by atoms with Crippen LogP contribution in [0, 0.1) is 6.92 Å². The van der Waals surface area contributed by atoms with E-state index in [1.165, 1.54) is 5.56 Å². The van der Waals surface area contributed by atoms with Crippen LogP contribution in [0.25, 0.3) is 0 Å². The monoisotopic (exact) mass is 409 g/mol. The maximum Gasteiger partial charge on any atom is 0.259 e. The molecule has 0 radical (unpaired) electrons. The van der Waals surface area contributed by atoms with Gasteiger partial charge in [-0.2, -0.15) is 5.10 Å². The van der Waals surface area contributed by atoms with Crippen molar-refractivity contribution in [2.75, 3.05) is 23.7 Å². The minimum absolute atomic E-state index is 0.168. The highest BCUT2D eigenvalue weighted by Gasteiger charge is 2.17. The predicted molar refractivity (Wildman–Crippen MR) is 124 cm³/mol. The number of hydrogen-bond donors (Lipinski definition) is 3. The summed E-state index contributed by atoms with van der Waals surface area (Å²) in [4.78, 5) is 16.5. The normalized spacial score (nSPS) is 16.3. The highest BCUT2D eigenvalue weighted by molar-refractivity contribution is 8.15. The lowest BCUT2D eigenvalue weighted by Crippen LogP contribution is -2.26. The second-order valence-electron chi connectivity index (χ2n) is 6.95. The zero-order valence-corrected chi connectivity index (χ0v) is 17.8. The molecule has 0 saturated carbocycles. The first-order valence-corrected chi connectivity index (χ1v) is 10.6. The zero-order chi connectivity index (χ0) is 20.6. The average Bonchev–Trinajstić information content (AvgIpc) is 3.19. The Morgan fingerprint density at radius 1 is 1.14 bits per heavy atom. The van der Waals surface area contributed by atoms with Gasteiger partial charge < -0.3 is 10.6 Å². The van der Waals surface area contributed by atoms with E-state index in [0.29, 0.717) is 5.25 Å². The van der Waals surface area contributed by atoms with Gasteiger partial charge in [0.1, 0.15) is 0 Å². The molecule has 0 aliphatic carbocycles. The number of thioether (sulfide) groups is 1. The first-order valence-electron chi connectivity index (χ1n) is 9.75. The molecule has 7 heteroatoms. The molecule has 0 spiro atoms. The maximum absolute atomic E-state index is 12.0. The van der Waals surface area contributed by atoms with Crippen LogP contribution in [0.4, 0.5) is 11.4 Å². The van der Waals surface area contributed by atoms with E-state index in [9.17, 15) is 4.79 Å². The molecule has 3 rings (SSSR count). The number of carbonyl (C=O) groups excluding carboxylic acids is 1. The van der Waals surface area contributed by atoms with Crippen LogP contribution in [0.15, 0.2) is 58.6 Å². The minimum atomic E-state index is -0.190. The third-order valence-electron chi connectivity index (χ3n) is 4.58. The lowest BCUT2D eigenvalue weighted by molar-refractivity contribution is -0.119. The van der Waals surface area contributed by atoms with Crippen molar-refractivity contribution in [3.63, 3.8) is 0 Å². The highest BCUT2D eigenvalue weighted by atomic mass is 32.2. The van der Waals surface area contributed by atoms with E-state index in [-0.39, 0.29) is 12.5 Å². The molecule has 0 aromatic heterocycles. The Hall–Kier alpha value is -2.80. The summed E-state index contributed by atoms with van der Waals surface area (Å²) in [5.74, 6) is -0.190. The molecular formula is C22H27N5OS. The fourth-order valence-electron chi connectivity index (χ4n) is 2.72. The number of hydrogen-bond acceptors (Lipinski definition) is 6. The Morgan fingerprint density at radius 2 is 1.83 bits per heavy atom. The van der Waals surface area contributed by atoms with Gasteiger partial charge in [-0.3, -0.25) is 9.79 Å². The Kier molecular flexibility index (Phi) is 7.30.